The number of rotatable bonds is 7. The van der Waals surface area contributed by atoms with Crippen molar-refractivity contribution in [3.05, 3.63) is 29.8 Å². The predicted molar refractivity (Wildman–Crippen MR) is 83.9 cm³/mol. The number of alkyl halides is 2. The molecule has 1 aromatic rings. The zero-order valence-electron chi connectivity index (χ0n) is 12.1. The lowest BCUT2D eigenvalue weighted by Gasteiger charge is -2.15. The van der Waals surface area contributed by atoms with Crippen LogP contribution in [0.5, 0.6) is 5.75 Å². The molecule has 0 saturated carbocycles. The highest BCUT2D eigenvalue weighted by atomic mass is 32.1. The molecule has 116 valence electrons. The van der Waals surface area contributed by atoms with Crippen molar-refractivity contribution >= 4 is 23.5 Å². The number of nitrogens with zero attached hydrogens (tertiary/aromatic N) is 2. The number of hydrogen-bond acceptors (Lipinski definition) is 3. The molecule has 7 heteroatoms. The molecule has 0 fully saturated rings. The van der Waals surface area contributed by atoms with Crippen LogP contribution >= 0.6 is 12.2 Å². The lowest BCUT2D eigenvalue weighted by atomic mass is 10.2. The highest BCUT2D eigenvalue weighted by Crippen LogP contribution is 2.18. The lowest BCUT2D eigenvalue weighted by Crippen LogP contribution is -2.34. The van der Waals surface area contributed by atoms with Gasteiger partial charge in [-0.25, -0.2) is 5.01 Å². The van der Waals surface area contributed by atoms with Crippen LogP contribution in [-0.2, 0) is 0 Å². The van der Waals surface area contributed by atoms with E-state index in [-0.39, 0.29) is 5.75 Å². The maximum Gasteiger partial charge on any atom is 0.387 e. The molecule has 0 unspecified atom stereocenters. The summed E-state index contributed by atoms with van der Waals surface area (Å²) >= 11 is 5.16. The minimum Gasteiger partial charge on any atom is -0.434 e. The molecule has 0 aliphatic heterocycles. The van der Waals surface area contributed by atoms with Gasteiger partial charge < -0.3 is 10.1 Å². The Labute approximate surface area is 128 Å². The molecule has 21 heavy (non-hydrogen) atoms. The van der Waals surface area contributed by atoms with Crippen molar-refractivity contribution in [3.63, 3.8) is 0 Å². The molecule has 0 spiro atoms. The van der Waals surface area contributed by atoms with Gasteiger partial charge in [-0.1, -0.05) is 25.5 Å². The fourth-order valence-corrected chi connectivity index (χ4v) is 1.63. The molecule has 0 amide bonds. The first-order valence-corrected chi connectivity index (χ1v) is 7.04. The molecule has 0 aliphatic carbocycles. The molecular formula is C14H19F2N3OS. The normalized spacial score (nSPS) is 10.9. The predicted octanol–water partition coefficient (Wildman–Crippen LogP) is 3.23. The molecule has 0 radical (unpaired) electrons. The van der Waals surface area contributed by atoms with Crippen molar-refractivity contribution in [2.24, 2.45) is 5.10 Å². The Morgan fingerprint density at radius 2 is 2.19 bits per heavy atom. The van der Waals surface area contributed by atoms with E-state index >= 15 is 0 Å². The molecule has 0 aromatic heterocycles. The first-order chi connectivity index (χ1) is 10.0. The Morgan fingerprint density at radius 1 is 1.48 bits per heavy atom. The van der Waals surface area contributed by atoms with Gasteiger partial charge in [0.1, 0.15) is 5.75 Å². The second-order valence-electron chi connectivity index (χ2n) is 4.27. The highest BCUT2D eigenvalue weighted by Gasteiger charge is 2.08. The van der Waals surface area contributed by atoms with E-state index in [1.54, 1.807) is 25.2 Å². The Morgan fingerprint density at radius 3 is 2.86 bits per heavy atom. The molecule has 0 heterocycles. The van der Waals surface area contributed by atoms with E-state index in [0.29, 0.717) is 10.7 Å². The third-order valence-corrected chi connectivity index (χ3v) is 3.01. The minimum atomic E-state index is -2.87. The van der Waals surface area contributed by atoms with Crippen LogP contribution < -0.4 is 10.1 Å². The molecular weight excluding hydrogens is 296 g/mol. The van der Waals surface area contributed by atoms with E-state index < -0.39 is 6.61 Å². The smallest absolute Gasteiger partial charge is 0.387 e. The Bertz CT molecular complexity index is 483. The molecule has 0 saturated heterocycles. The van der Waals surface area contributed by atoms with Gasteiger partial charge in [-0.2, -0.15) is 13.9 Å². The van der Waals surface area contributed by atoms with Crippen LogP contribution in [0.2, 0.25) is 0 Å². The monoisotopic (exact) mass is 315 g/mol. The number of unbranched alkanes of at least 4 members (excludes halogenated alkanes) is 1. The highest BCUT2D eigenvalue weighted by molar-refractivity contribution is 7.80. The maximum absolute atomic E-state index is 12.3. The summed E-state index contributed by atoms with van der Waals surface area (Å²) in [6, 6.07) is 6.45. The second kappa shape index (κ2) is 9.23. The molecule has 1 rings (SSSR count). The molecule has 0 atom stereocenters. The van der Waals surface area contributed by atoms with Crippen LogP contribution in [0, 0.1) is 0 Å². The van der Waals surface area contributed by atoms with Gasteiger partial charge in [0.05, 0.1) is 6.21 Å². The summed E-state index contributed by atoms with van der Waals surface area (Å²) in [4.78, 5) is 0. The summed E-state index contributed by atoms with van der Waals surface area (Å²) in [6.45, 7) is 0.00126. The van der Waals surface area contributed by atoms with E-state index in [4.69, 9.17) is 12.2 Å². The number of benzene rings is 1. The van der Waals surface area contributed by atoms with E-state index in [1.807, 2.05) is 0 Å². The Hall–Kier alpha value is -1.76. The standard InChI is InChI=1S/C14H19F2N3OS/c1-3-4-9-17-14(21)19(2)18-10-11-7-5-6-8-12(11)20-13(15)16/h5-8,10,13H,3-4,9H2,1-2H3,(H,17,21). The summed E-state index contributed by atoms with van der Waals surface area (Å²) < 4.78 is 29.0. The van der Waals surface area contributed by atoms with E-state index in [9.17, 15) is 8.78 Å². The maximum atomic E-state index is 12.3. The first kappa shape index (κ1) is 17.3. The SMILES string of the molecule is CCCCNC(=S)N(C)N=Cc1ccccc1OC(F)F. The van der Waals surface area contributed by atoms with Crippen LogP contribution in [0.25, 0.3) is 0 Å². The van der Waals surface area contributed by atoms with Crippen LogP contribution in [-0.4, -0.2) is 36.5 Å². The van der Waals surface area contributed by atoms with Crippen LogP contribution in [0.1, 0.15) is 25.3 Å². The summed E-state index contributed by atoms with van der Waals surface area (Å²) in [5, 5.41) is 9.13. The van der Waals surface area contributed by atoms with Crippen molar-refractivity contribution in [2.75, 3.05) is 13.6 Å². The zero-order valence-corrected chi connectivity index (χ0v) is 12.9. The van der Waals surface area contributed by atoms with Crippen molar-refractivity contribution in [1.82, 2.24) is 10.3 Å². The van der Waals surface area contributed by atoms with Gasteiger partial charge in [-0.15, -0.1) is 0 Å². The third-order valence-electron chi connectivity index (χ3n) is 2.61. The van der Waals surface area contributed by atoms with Gasteiger partial charge in [-0.3, -0.25) is 0 Å². The number of ether oxygens (including phenoxy) is 1. The zero-order chi connectivity index (χ0) is 15.7. The number of thiocarbonyl (C=S) groups is 1. The fourth-order valence-electron chi connectivity index (χ4n) is 1.48. The van der Waals surface area contributed by atoms with Crippen LogP contribution in [0.3, 0.4) is 0 Å². The second-order valence-corrected chi connectivity index (χ2v) is 4.66. The van der Waals surface area contributed by atoms with Gasteiger partial charge in [0.2, 0.25) is 0 Å². The number of hydrazone groups is 1. The summed E-state index contributed by atoms with van der Waals surface area (Å²) in [7, 11) is 1.69. The van der Waals surface area contributed by atoms with E-state index in [1.165, 1.54) is 17.3 Å². The van der Waals surface area contributed by atoms with E-state index in [2.05, 4.69) is 22.1 Å². The molecule has 0 bridgehead atoms. The minimum absolute atomic E-state index is 0.0783. The van der Waals surface area contributed by atoms with Crippen LogP contribution in [0.15, 0.2) is 29.4 Å². The van der Waals surface area contributed by atoms with E-state index in [0.717, 1.165) is 19.4 Å². The average molecular weight is 315 g/mol. The topological polar surface area (TPSA) is 36.9 Å². The summed E-state index contributed by atoms with van der Waals surface area (Å²) in [5.74, 6) is 0.0783. The number of nitrogens with one attached hydrogen (secondary N) is 1. The molecule has 4 nitrogen and oxygen atoms in total. The van der Waals surface area contributed by atoms with Crippen LogP contribution in [0.4, 0.5) is 8.78 Å². The van der Waals surface area contributed by atoms with Gasteiger partial charge >= 0.3 is 6.61 Å². The van der Waals surface area contributed by atoms with Crippen molar-refractivity contribution < 1.29 is 13.5 Å². The van der Waals surface area contributed by atoms with Gasteiger partial charge in [0.25, 0.3) is 0 Å². The Kier molecular flexibility index (Phi) is 7.60. The van der Waals surface area contributed by atoms with Gasteiger partial charge in [0.15, 0.2) is 5.11 Å². The largest absolute Gasteiger partial charge is 0.434 e. The number of halogens is 2. The average Bonchev–Trinajstić information content (AvgIpc) is 2.45. The summed E-state index contributed by atoms with van der Waals surface area (Å²) in [5.41, 5.74) is 0.459. The quantitative estimate of drug-likeness (QED) is 0.363. The lowest BCUT2D eigenvalue weighted by molar-refractivity contribution is -0.0499. The van der Waals surface area contributed by atoms with Gasteiger partial charge in [-0.05, 0) is 30.8 Å². The molecule has 1 N–H and O–H groups in total. The van der Waals surface area contributed by atoms with Crippen molar-refractivity contribution in [1.29, 1.82) is 0 Å². The number of para-hydroxylation sites is 1. The van der Waals surface area contributed by atoms with Crippen molar-refractivity contribution in [3.8, 4) is 5.75 Å². The third kappa shape index (κ3) is 6.48. The van der Waals surface area contributed by atoms with Gasteiger partial charge in [0, 0.05) is 19.2 Å². The summed E-state index contributed by atoms with van der Waals surface area (Å²) in [6.07, 6.45) is 3.52. The Balaban J connectivity index is 2.65. The molecule has 1 aromatic carbocycles. The first-order valence-electron chi connectivity index (χ1n) is 6.64. The number of hydrogen-bond donors (Lipinski definition) is 1. The van der Waals surface area contributed by atoms with Crippen molar-refractivity contribution in [2.45, 2.75) is 26.4 Å². The molecule has 0 aliphatic rings. The fraction of sp³-hybridized carbons (Fsp3) is 0.429.